The molecule has 3 atom stereocenters. The van der Waals surface area contributed by atoms with Crippen LogP contribution in [-0.2, 0) is 16.1 Å². The van der Waals surface area contributed by atoms with Gasteiger partial charge in [0.25, 0.3) is 5.91 Å². The Kier molecular flexibility index (Phi) is 9.47. The number of carbonyl (C=O) groups is 4. The first-order chi connectivity index (χ1) is 18.2. The molecule has 1 aromatic heterocycles. The quantitative estimate of drug-likeness (QED) is 0.192. The first-order valence-electron chi connectivity index (χ1n) is 11.8. The highest BCUT2D eigenvalue weighted by Gasteiger charge is 2.41. The van der Waals surface area contributed by atoms with Crippen LogP contribution in [0.4, 0.5) is 0 Å². The zero-order chi connectivity index (χ0) is 27.7. The van der Waals surface area contributed by atoms with E-state index in [2.05, 4.69) is 21.1 Å². The summed E-state index contributed by atoms with van der Waals surface area (Å²) < 4.78 is 10.7. The molecule has 0 bridgehead atoms. The Hall–Kier alpha value is -4.35. The Labute approximate surface area is 219 Å². The second-order valence-electron chi connectivity index (χ2n) is 8.84. The molecular weight excluding hydrogens is 492 g/mol. The normalized spacial score (nSPS) is 14.0. The van der Waals surface area contributed by atoms with E-state index in [1.807, 2.05) is 31.2 Å². The largest absolute Gasteiger partial charge is 0.491 e. The number of nitrogens with zero attached hydrogens (tertiary/aromatic N) is 1. The summed E-state index contributed by atoms with van der Waals surface area (Å²) in [5, 5.41) is 22.1. The van der Waals surface area contributed by atoms with Crippen molar-refractivity contribution in [2.75, 3.05) is 6.61 Å². The Balaban J connectivity index is 1.82. The van der Waals surface area contributed by atoms with Gasteiger partial charge in [0.1, 0.15) is 30.4 Å². The molecule has 0 aliphatic heterocycles. The lowest BCUT2D eigenvalue weighted by molar-refractivity contribution is -0.127. The molecule has 0 fully saturated rings. The predicted molar refractivity (Wildman–Crippen MR) is 136 cm³/mol. The molecule has 11 heteroatoms. The average molecular weight is 523 g/mol. The van der Waals surface area contributed by atoms with Crippen LogP contribution in [0.3, 0.4) is 0 Å². The van der Waals surface area contributed by atoms with Gasteiger partial charge in [0.05, 0.1) is 6.10 Å². The molecular formula is C27H30N4O7. The minimum Gasteiger partial charge on any atom is -0.491 e. The number of aliphatic hydroxyl groups excluding tert-OH is 1. The molecule has 38 heavy (non-hydrogen) atoms. The lowest BCUT2D eigenvalue weighted by Crippen LogP contribution is -2.71. The van der Waals surface area contributed by atoms with E-state index in [0.717, 1.165) is 11.1 Å². The zero-order valence-corrected chi connectivity index (χ0v) is 21.3. The predicted octanol–water partition coefficient (Wildman–Crippen LogP) is 1.46. The Bertz CT molecular complexity index is 1260. The van der Waals surface area contributed by atoms with Gasteiger partial charge in [0, 0.05) is 18.2 Å². The van der Waals surface area contributed by atoms with Crippen LogP contribution >= 0.6 is 0 Å². The van der Waals surface area contributed by atoms with Crippen LogP contribution in [0.15, 0.2) is 59.1 Å². The Morgan fingerprint density at radius 3 is 2.34 bits per heavy atom. The standard InChI is InChI=1S/C27H30N4O7/c1-17-4-6-20(7-5-17)13-28-25(35)24(15-37-22-10-8-21(14-32)9-11-22)29-27(16-33,19(3)34)30-26(36)23-12-18(2)38-31-23/h4-12,14,16,19,24,29,34H,13,15H2,1-3H3,(H,28,35)(H,30,36)/t19-,24+,27-/m1/s1. The molecule has 2 amide bonds. The second-order valence-corrected chi connectivity index (χ2v) is 8.84. The van der Waals surface area contributed by atoms with Gasteiger partial charge in [-0.25, -0.2) is 0 Å². The van der Waals surface area contributed by atoms with Gasteiger partial charge in [-0.3, -0.25) is 24.5 Å². The van der Waals surface area contributed by atoms with Crippen LogP contribution in [-0.4, -0.2) is 59.1 Å². The summed E-state index contributed by atoms with van der Waals surface area (Å²) in [6, 6.07) is 13.9. The smallest absolute Gasteiger partial charge is 0.275 e. The molecule has 1 heterocycles. The molecule has 2 aromatic carbocycles. The van der Waals surface area contributed by atoms with Gasteiger partial charge in [-0.05, 0) is 50.6 Å². The highest BCUT2D eigenvalue weighted by atomic mass is 16.5. The summed E-state index contributed by atoms with van der Waals surface area (Å²) in [7, 11) is 0. The van der Waals surface area contributed by atoms with Crippen molar-refractivity contribution in [3.05, 3.63) is 82.7 Å². The highest BCUT2D eigenvalue weighted by molar-refractivity contribution is 5.95. The molecule has 200 valence electrons. The van der Waals surface area contributed by atoms with Crippen molar-refractivity contribution < 1.29 is 33.5 Å². The van der Waals surface area contributed by atoms with Crippen molar-refractivity contribution in [2.24, 2.45) is 0 Å². The molecule has 0 radical (unpaired) electrons. The highest BCUT2D eigenvalue weighted by Crippen LogP contribution is 2.14. The fraction of sp³-hybridized carbons (Fsp3) is 0.296. The number of aromatic nitrogens is 1. The van der Waals surface area contributed by atoms with Crippen LogP contribution < -0.4 is 20.7 Å². The van der Waals surface area contributed by atoms with Gasteiger partial charge in [-0.15, -0.1) is 0 Å². The average Bonchev–Trinajstić information content (AvgIpc) is 3.36. The molecule has 0 saturated carbocycles. The molecule has 0 unspecified atom stereocenters. The van der Waals surface area contributed by atoms with Crippen molar-refractivity contribution in [2.45, 2.75) is 45.1 Å². The first kappa shape index (κ1) is 28.2. The number of rotatable bonds is 13. The van der Waals surface area contributed by atoms with Crippen LogP contribution in [0.25, 0.3) is 0 Å². The van der Waals surface area contributed by atoms with Gasteiger partial charge >= 0.3 is 0 Å². The van der Waals surface area contributed by atoms with E-state index in [0.29, 0.717) is 29.6 Å². The van der Waals surface area contributed by atoms with Crippen molar-refractivity contribution in [1.29, 1.82) is 0 Å². The second kappa shape index (κ2) is 12.7. The number of benzene rings is 2. The maximum absolute atomic E-state index is 13.2. The van der Waals surface area contributed by atoms with E-state index in [-0.39, 0.29) is 18.8 Å². The van der Waals surface area contributed by atoms with Gasteiger partial charge in [-0.1, -0.05) is 35.0 Å². The van der Waals surface area contributed by atoms with E-state index in [1.54, 1.807) is 31.2 Å². The third kappa shape index (κ3) is 7.34. The third-order valence-corrected chi connectivity index (χ3v) is 5.78. The van der Waals surface area contributed by atoms with E-state index >= 15 is 0 Å². The molecule has 11 nitrogen and oxygen atoms in total. The Morgan fingerprint density at radius 1 is 1.11 bits per heavy atom. The number of nitrogens with one attached hydrogen (secondary N) is 3. The van der Waals surface area contributed by atoms with Gasteiger partial charge in [0.2, 0.25) is 5.91 Å². The number of amides is 2. The summed E-state index contributed by atoms with van der Waals surface area (Å²) in [6.07, 6.45) is -0.467. The molecule has 3 aromatic rings. The van der Waals surface area contributed by atoms with Gasteiger partial charge < -0.3 is 25.0 Å². The number of aryl methyl sites for hydroxylation is 2. The fourth-order valence-corrected chi connectivity index (χ4v) is 3.46. The van der Waals surface area contributed by atoms with E-state index in [9.17, 15) is 24.3 Å². The lowest BCUT2D eigenvalue weighted by atomic mass is 10.0. The minimum absolute atomic E-state index is 0.108. The number of hydrogen-bond acceptors (Lipinski definition) is 9. The fourth-order valence-electron chi connectivity index (χ4n) is 3.46. The SMILES string of the molecule is Cc1ccc(CNC(=O)[C@H](COc2ccc(C=O)cc2)N[C@](C=O)(NC(=O)c2cc(C)on2)[C@@H](C)O)cc1. The molecule has 0 spiro atoms. The third-order valence-electron chi connectivity index (χ3n) is 5.78. The van der Waals surface area contributed by atoms with Crippen molar-refractivity contribution in [1.82, 2.24) is 21.1 Å². The van der Waals surface area contributed by atoms with Crippen molar-refractivity contribution in [3.63, 3.8) is 0 Å². The molecule has 0 aliphatic rings. The number of aldehydes is 2. The monoisotopic (exact) mass is 522 g/mol. The van der Waals surface area contributed by atoms with Crippen LogP contribution in [0, 0.1) is 13.8 Å². The number of aliphatic hydroxyl groups is 1. The molecule has 4 N–H and O–H groups in total. The summed E-state index contributed by atoms with van der Waals surface area (Å²) in [5.41, 5.74) is 0.186. The van der Waals surface area contributed by atoms with Crippen molar-refractivity contribution in [3.8, 4) is 5.75 Å². The van der Waals surface area contributed by atoms with E-state index in [4.69, 9.17) is 9.26 Å². The minimum atomic E-state index is -2.07. The number of carbonyl (C=O) groups excluding carboxylic acids is 4. The van der Waals surface area contributed by atoms with Gasteiger partial charge in [0.15, 0.2) is 17.6 Å². The summed E-state index contributed by atoms with van der Waals surface area (Å²) in [5.74, 6) is -0.608. The van der Waals surface area contributed by atoms with Crippen molar-refractivity contribution >= 4 is 24.4 Å². The molecule has 3 rings (SSSR count). The van der Waals surface area contributed by atoms with Crippen LogP contribution in [0.5, 0.6) is 5.75 Å². The van der Waals surface area contributed by atoms with Crippen LogP contribution in [0.1, 0.15) is 44.7 Å². The first-order valence-corrected chi connectivity index (χ1v) is 11.8. The number of ether oxygens (including phenoxy) is 1. The lowest BCUT2D eigenvalue weighted by Gasteiger charge is -2.36. The zero-order valence-electron chi connectivity index (χ0n) is 21.3. The molecule has 0 aliphatic carbocycles. The molecule has 0 saturated heterocycles. The number of hydrogen-bond donors (Lipinski definition) is 4. The maximum atomic E-state index is 13.2. The summed E-state index contributed by atoms with van der Waals surface area (Å²) in [6.45, 7) is 4.75. The van der Waals surface area contributed by atoms with E-state index in [1.165, 1.54) is 13.0 Å². The topological polar surface area (TPSA) is 160 Å². The summed E-state index contributed by atoms with van der Waals surface area (Å²) in [4.78, 5) is 49.2. The Morgan fingerprint density at radius 2 is 1.79 bits per heavy atom. The van der Waals surface area contributed by atoms with Crippen LogP contribution in [0.2, 0.25) is 0 Å². The summed E-state index contributed by atoms with van der Waals surface area (Å²) >= 11 is 0. The van der Waals surface area contributed by atoms with Gasteiger partial charge in [-0.2, -0.15) is 0 Å². The van der Waals surface area contributed by atoms with E-state index < -0.39 is 29.6 Å². The maximum Gasteiger partial charge on any atom is 0.275 e.